The molecule has 26 heavy (non-hydrogen) atoms. The largest absolute Gasteiger partial charge is 0.497 e. The molecule has 3 rings (SSSR count). The summed E-state index contributed by atoms with van der Waals surface area (Å²) in [6, 6.07) is 25.1. The van der Waals surface area contributed by atoms with Gasteiger partial charge in [-0.1, -0.05) is 30.3 Å². The standard InChI is InChI=1S/C22H22N2O2/c1-26-21-13-7-18(8-14-21)22(25)24-20-11-9-19(10-12-20)23-16-15-17-5-3-2-4-6-17/h2-14,23H,15-16H2,1H3,(H,24,25). The van der Waals surface area contributed by atoms with Crippen molar-refractivity contribution in [3.8, 4) is 5.75 Å². The van der Waals surface area contributed by atoms with Crippen LogP contribution >= 0.6 is 0 Å². The highest BCUT2D eigenvalue weighted by molar-refractivity contribution is 6.04. The minimum absolute atomic E-state index is 0.141. The van der Waals surface area contributed by atoms with Crippen LogP contribution in [-0.2, 0) is 6.42 Å². The molecule has 132 valence electrons. The number of hydrogen-bond donors (Lipinski definition) is 2. The first kappa shape index (κ1) is 17.5. The van der Waals surface area contributed by atoms with Gasteiger partial charge in [-0.25, -0.2) is 0 Å². The lowest BCUT2D eigenvalue weighted by Crippen LogP contribution is -2.11. The number of anilines is 2. The molecule has 0 fully saturated rings. The average molecular weight is 346 g/mol. The summed E-state index contributed by atoms with van der Waals surface area (Å²) in [6.07, 6.45) is 0.969. The zero-order valence-electron chi connectivity index (χ0n) is 14.7. The van der Waals surface area contributed by atoms with Gasteiger partial charge < -0.3 is 15.4 Å². The van der Waals surface area contributed by atoms with Crippen LogP contribution in [0.2, 0.25) is 0 Å². The fraction of sp³-hybridized carbons (Fsp3) is 0.136. The summed E-state index contributed by atoms with van der Waals surface area (Å²) in [7, 11) is 1.60. The molecule has 4 heteroatoms. The summed E-state index contributed by atoms with van der Waals surface area (Å²) >= 11 is 0. The summed E-state index contributed by atoms with van der Waals surface area (Å²) in [4.78, 5) is 12.3. The molecule has 0 atom stereocenters. The Balaban J connectivity index is 1.51. The van der Waals surface area contributed by atoms with Crippen LogP contribution < -0.4 is 15.4 Å². The third-order valence-electron chi connectivity index (χ3n) is 4.08. The second-order valence-electron chi connectivity index (χ2n) is 5.92. The van der Waals surface area contributed by atoms with E-state index in [0.717, 1.165) is 30.1 Å². The van der Waals surface area contributed by atoms with E-state index in [-0.39, 0.29) is 5.91 Å². The third kappa shape index (κ3) is 4.86. The van der Waals surface area contributed by atoms with Gasteiger partial charge in [0.05, 0.1) is 7.11 Å². The molecule has 3 aromatic rings. The SMILES string of the molecule is COc1ccc(C(=O)Nc2ccc(NCCc3ccccc3)cc2)cc1. The van der Waals surface area contributed by atoms with Gasteiger partial charge in [0, 0.05) is 23.5 Å². The molecule has 0 saturated heterocycles. The van der Waals surface area contributed by atoms with Gasteiger partial charge >= 0.3 is 0 Å². The Kier molecular flexibility index (Phi) is 5.88. The van der Waals surface area contributed by atoms with Crippen molar-refractivity contribution in [3.63, 3.8) is 0 Å². The fourth-order valence-corrected chi connectivity index (χ4v) is 2.61. The molecular weight excluding hydrogens is 324 g/mol. The van der Waals surface area contributed by atoms with E-state index in [1.165, 1.54) is 5.56 Å². The van der Waals surface area contributed by atoms with Crippen molar-refractivity contribution < 1.29 is 9.53 Å². The Labute approximate surface area is 153 Å². The van der Waals surface area contributed by atoms with Gasteiger partial charge in [-0.15, -0.1) is 0 Å². The van der Waals surface area contributed by atoms with Crippen molar-refractivity contribution in [2.45, 2.75) is 6.42 Å². The van der Waals surface area contributed by atoms with Crippen LogP contribution in [0.15, 0.2) is 78.9 Å². The Morgan fingerprint density at radius 3 is 2.15 bits per heavy atom. The van der Waals surface area contributed by atoms with Gasteiger partial charge in [-0.3, -0.25) is 4.79 Å². The highest BCUT2D eigenvalue weighted by atomic mass is 16.5. The van der Waals surface area contributed by atoms with Gasteiger partial charge in [0.15, 0.2) is 0 Å². The number of rotatable bonds is 7. The summed E-state index contributed by atoms with van der Waals surface area (Å²) in [5.41, 5.74) is 3.70. The Hall–Kier alpha value is -3.27. The van der Waals surface area contributed by atoms with Gasteiger partial charge in [0.2, 0.25) is 0 Å². The van der Waals surface area contributed by atoms with Crippen molar-refractivity contribution in [2.75, 3.05) is 24.3 Å². The molecule has 0 heterocycles. The number of carbonyl (C=O) groups is 1. The number of nitrogens with one attached hydrogen (secondary N) is 2. The molecule has 0 aliphatic carbocycles. The highest BCUT2D eigenvalue weighted by Crippen LogP contribution is 2.16. The van der Waals surface area contributed by atoms with E-state index in [2.05, 4.69) is 34.9 Å². The molecule has 0 aliphatic rings. The summed E-state index contributed by atoms with van der Waals surface area (Å²) in [5.74, 6) is 0.588. The minimum atomic E-state index is -0.141. The molecule has 0 saturated carbocycles. The molecular formula is C22H22N2O2. The fourth-order valence-electron chi connectivity index (χ4n) is 2.61. The Morgan fingerprint density at radius 1 is 0.846 bits per heavy atom. The molecule has 4 nitrogen and oxygen atoms in total. The van der Waals surface area contributed by atoms with E-state index >= 15 is 0 Å². The first-order valence-electron chi connectivity index (χ1n) is 8.58. The zero-order chi connectivity index (χ0) is 18.2. The summed E-state index contributed by atoms with van der Waals surface area (Å²) in [6.45, 7) is 0.863. The molecule has 0 aromatic heterocycles. The average Bonchev–Trinajstić information content (AvgIpc) is 2.70. The van der Waals surface area contributed by atoms with Gasteiger partial charge in [0.25, 0.3) is 5.91 Å². The van der Waals surface area contributed by atoms with E-state index in [0.29, 0.717) is 5.56 Å². The van der Waals surface area contributed by atoms with E-state index in [1.54, 1.807) is 31.4 Å². The van der Waals surface area contributed by atoms with Crippen LogP contribution in [0.4, 0.5) is 11.4 Å². The van der Waals surface area contributed by atoms with Crippen LogP contribution in [0.5, 0.6) is 5.75 Å². The normalized spacial score (nSPS) is 10.2. The summed E-state index contributed by atoms with van der Waals surface area (Å²) < 4.78 is 5.10. The molecule has 0 spiro atoms. The number of ether oxygens (including phenoxy) is 1. The van der Waals surface area contributed by atoms with Gasteiger partial charge in [0.1, 0.15) is 5.75 Å². The van der Waals surface area contributed by atoms with Crippen LogP contribution in [0.25, 0.3) is 0 Å². The maximum absolute atomic E-state index is 12.3. The van der Waals surface area contributed by atoms with Crippen LogP contribution in [0, 0.1) is 0 Å². The zero-order valence-corrected chi connectivity index (χ0v) is 14.7. The second kappa shape index (κ2) is 8.72. The third-order valence-corrected chi connectivity index (χ3v) is 4.08. The lowest BCUT2D eigenvalue weighted by atomic mass is 10.1. The Morgan fingerprint density at radius 2 is 1.50 bits per heavy atom. The second-order valence-corrected chi connectivity index (χ2v) is 5.92. The molecule has 2 N–H and O–H groups in total. The molecule has 1 amide bonds. The Bertz CT molecular complexity index is 828. The number of benzene rings is 3. The predicted octanol–water partition coefficient (Wildman–Crippen LogP) is 4.60. The van der Waals surface area contributed by atoms with Crippen molar-refractivity contribution >= 4 is 17.3 Å². The first-order chi connectivity index (χ1) is 12.7. The maximum atomic E-state index is 12.3. The smallest absolute Gasteiger partial charge is 0.255 e. The molecule has 0 radical (unpaired) electrons. The lowest BCUT2D eigenvalue weighted by Gasteiger charge is -2.09. The van der Waals surface area contributed by atoms with Crippen molar-refractivity contribution in [2.24, 2.45) is 0 Å². The molecule has 0 bridgehead atoms. The number of methoxy groups -OCH3 is 1. The van der Waals surface area contributed by atoms with E-state index < -0.39 is 0 Å². The monoisotopic (exact) mass is 346 g/mol. The summed E-state index contributed by atoms with van der Waals surface area (Å²) in [5, 5.41) is 6.29. The van der Waals surface area contributed by atoms with Crippen LogP contribution in [0.1, 0.15) is 15.9 Å². The van der Waals surface area contributed by atoms with Crippen LogP contribution in [-0.4, -0.2) is 19.6 Å². The lowest BCUT2D eigenvalue weighted by molar-refractivity contribution is 0.102. The maximum Gasteiger partial charge on any atom is 0.255 e. The first-order valence-corrected chi connectivity index (χ1v) is 8.58. The number of carbonyl (C=O) groups excluding carboxylic acids is 1. The van der Waals surface area contributed by atoms with Gasteiger partial charge in [-0.2, -0.15) is 0 Å². The number of hydrogen-bond acceptors (Lipinski definition) is 3. The van der Waals surface area contributed by atoms with Gasteiger partial charge in [-0.05, 0) is 60.5 Å². The minimum Gasteiger partial charge on any atom is -0.497 e. The van der Waals surface area contributed by atoms with Crippen molar-refractivity contribution in [1.82, 2.24) is 0 Å². The predicted molar refractivity (Wildman–Crippen MR) is 106 cm³/mol. The van der Waals surface area contributed by atoms with E-state index in [9.17, 15) is 4.79 Å². The highest BCUT2D eigenvalue weighted by Gasteiger charge is 2.06. The molecule has 3 aromatic carbocycles. The van der Waals surface area contributed by atoms with E-state index in [1.807, 2.05) is 30.3 Å². The van der Waals surface area contributed by atoms with Crippen molar-refractivity contribution in [3.05, 3.63) is 90.0 Å². The molecule has 0 aliphatic heterocycles. The van der Waals surface area contributed by atoms with E-state index in [4.69, 9.17) is 4.74 Å². The quantitative estimate of drug-likeness (QED) is 0.657. The topological polar surface area (TPSA) is 50.4 Å². The van der Waals surface area contributed by atoms with Crippen LogP contribution in [0.3, 0.4) is 0 Å². The van der Waals surface area contributed by atoms with Crippen molar-refractivity contribution in [1.29, 1.82) is 0 Å². The molecule has 0 unspecified atom stereocenters. The number of amides is 1.